The second-order valence-corrected chi connectivity index (χ2v) is 3.97. The lowest BCUT2D eigenvalue weighted by Gasteiger charge is -2.19. The second kappa shape index (κ2) is 4.09. The Morgan fingerprint density at radius 1 is 0.800 bits per heavy atom. The molecule has 0 aromatic heterocycles. The van der Waals surface area contributed by atoms with E-state index in [1.165, 1.54) is 0 Å². The van der Waals surface area contributed by atoms with Crippen molar-refractivity contribution in [2.75, 3.05) is 0 Å². The van der Waals surface area contributed by atoms with Crippen LogP contribution in [0.15, 0.2) is 0 Å². The molecule has 0 unspecified atom stereocenters. The molecule has 0 saturated carbocycles. The number of benzene rings is 1. The lowest BCUT2D eigenvalue weighted by atomic mass is 10.2. The van der Waals surface area contributed by atoms with Gasteiger partial charge in [0.15, 0.2) is 0 Å². The largest absolute Gasteiger partial charge is 0.870 e. The van der Waals surface area contributed by atoms with Crippen molar-refractivity contribution in [2.24, 2.45) is 0 Å². The van der Waals surface area contributed by atoms with Crippen molar-refractivity contribution in [1.82, 2.24) is 0 Å². The van der Waals surface area contributed by atoms with E-state index >= 15 is 0 Å². The summed E-state index contributed by atoms with van der Waals surface area (Å²) in [7, 11) is 0. The van der Waals surface area contributed by atoms with Crippen molar-refractivity contribution in [2.45, 2.75) is 6.18 Å². The van der Waals surface area contributed by atoms with E-state index in [4.69, 9.17) is 46.4 Å². The van der Waals surface area contributed by atoms with Crippen molar-refractivity contribution in [3.8, 4) is 5.75 Å². The highest BCUT2D eigenvalue weighted by Gasteiger charge is 2.38. The molecule has 1 nitrogen and oxygen atoms in total. The standard InChI is InChI=1S/C7HCl4F3O/c8-2-1(7(12,13)14)3(9)5(11)6(15)4(2)10/h15H/p-1. The fraction of sp³-hybridized carbons (Fsp3) is 0.143. The van der Waals surface area contributed by atoms with Gasteiger partial charge in [-0.25, -0.2) is 0 Å². The first kappa shape index (κ1) is 13.0. The van der Waals surface area contributed by atoms with Gasteiger partial charge >= 0.3 is 6.18 Å². The SMILES string of the molecule is [O-]c1c(Cl)c(Cl)c(C(F)(F)F)c(Cl)c1Cl. The van der Waals surface area contributed by atoms with Gasteiger partial charge in [0.25, 0.3) is 0 Å². The average molecular weight is 299 g/mol. The molecule has 0 aliphatic rings. The molecule has 1 rings (SSSR count). The van der Waals surface area contributed by atoms with Gasteiger partial charge in [0, 0.05) is 0 Å². The monoisotopic (exact) mass is 297 g/mol. The molecular weight excluding hydrogens is 299 g/mol. The maximum Gasteiger partial charge on any atom is 0.419 e. The first-order valence-electron chi connectivity index (χ1n) is 3.28. The lowest BCUT2D eigenvalue weighted by Crippen LogP contribution is -2.09. The number of hydrogen-bond donors (Lipinski definition) is 0. The zero-order valence-electron chi connectivity index (χ0n) is 6.55. The van der Waals surface area contributed by atoms with Gasteiger partial charge in [-0.2, -0.15) is 13.2 Å². The maximum atomic E-state index is 12.4. The van der Waals surface area contributed by atoms with Crippen molar-refractivity contribution in [3.05, 3.63) is 25.7 Å². The molecule has 0 fully saturated rings. The van der Waals surface area contributed by atoms with Crippen LogP contribution in [0, 0.1) is 0 Å². The third-order valence-corrected chi connectivity index (χ3v) is 3.18. The molecule has 0 N–H and O–H groups in total. The van der Waals surface area contributed by atoms with Gasteiger partial charge < -0.3 is 5.11 Å². The summed E-state index contributed by atoms with van der Waals surface area (Å²) in [5, 5.41) is 7.62. The van der Waals surface area contributed by atoms with E-state index in [9.17, 15) is 18.3 Å². The van der Waals surface area contributed by atoms with E-state index in [1.807, 2.05) is 0 Å². The Hall–Kier alpha value is -0.0300. The molecule has 8 heteroatoms. The van der Waals surface area contributed by atoms with E-state index < -0.39 is 37.6 Å². The van der Waals surface area contributed by atoms with E-state index in [-0.39, 0.29) is 0 Å². The van der Waals surface area contributed by atoms with Gasteiger partial charge in [-0.15, -0.1) is 0 Å². The molecular formula is C7Cl4F3O-. The highest BCUT2D eigenvalue weighted by molar-refractivity contribution is 6.49. The summed E-state index contributed by atoms with van der Waals surface area (Å²) >= 11 is 21.1. The molecule has 0 aliphatic carbocycles. The fourth-order valence-electron chi connectivity index (χ4n) is 0.860. The van der Waals surface area contributed by atoms with Crippen LogP contribution >= 0.6 is 46.4 Å². The van der Waals surface area contributed by atoms with Gasteiger partial charge in [-0.05, 0) is 0 Å². The lowest BCUT2D eigenvalue weighted by molar-refractivity contribution is -0.268. The Kier molecular flexibility index (Phi) is 3.55. The predicted molar refractivity (Wildman–Crippen MR) is 50.9 cm³/mol. The highest BCUT2D eigenvalue weighted by Crippen LogP contribution is 2.49. The molecule has 84 valence electrons. The minimum atomic E-state index is -4.82. The molecule has 0 bridgehead atoms. The van der Waals surface area contributed by atoms with Crippen LogP contribution in [-0.2, 0) is 6.18 Å². The van der Waals surface area contributed by atoms with E-state index in [0.29, 0.717) is 0 Å². The fourth-order valence-corrected chi connectivity index (χ4v) is 1.91. The molecule has 0 atom stereocenters. The quantitative estimate of drug-likeness (QED) is 0.651. The molecule has 0 saturated heterocycles. The molecule has 1 aromatic carbocycles. The minimum Gasteiger partial charge on any atom is -0.870 e. The highest BCUT2D eigenvalue weighted by atomic mass is 35.5. The first-order valence-corrected chi connectivity index (χ1v) is 4.79. The maximum absolute atomic E-state index is 12.4. The summed E-state index contributed by atoms with van der Waals surface area (Å²) in [5.74, 6) is -1.03. The summed E-state index contributed by atoms with van der Waals surface area (Å²) in [4.78, 5) is 0. The van der Waals surface area contributed by atoms with Crippen molar-refractivity contribution in [1.29, 1.82) is 0 Å². The van der Waals surface area contributed by atoms with Crippen LogP contribution in [0.2, 0.25) is 20.1 Å². The van der Waals surface area contributed by atoms with Gasteiger partial charge in [-0.3, -0.25) is 0 Å². The number of hydrogen-bond acceptors (Lipinski definition) is 1. The summed E-state index contributed by atoms with van der Waals surface area (Å²) in [6, 6.07) is 0. The first-order chi connectivity index (χ1) is 6.68. The molecule has 0 heterocycles. The number of halogens is 7. The van der Waals surface area contributed by atoms with E-state index in [0.717, 1.165) is 0 Å². The topological polar surface area (TPSA) is 23.1 Å². The molecule has 0 aliphatic heterocycles. The van der Waals surface area contributed by atoms with E-state index in [1.54, 1.807) is 0 Å². The summed E-state index contributed by atoms with van der Waals surface area (Å²) in [5.41, 5.74) is -1.40. The molecule has 0 radical (unpaired) electrons. The molecule has 1 aromatic rings. The van der Waals surface area contributed by atoms with Gasteiger partial charge in [0.2, 0.25) is 0 Å². The molecule has 0 spiro atoms. The Balaban J connectivity index is 3.68. The van der Waals surface area contributed by atoms with Crippen LogP contribution in [0.25, 0.3) is 0 Å². The van der Waals surface area contributed by atoms with Crippen LogP contribution in [0.4, 0.5) is 13.2 Å². The number of alkyl halides is 3. The Morgan fingerprint density at radius 2 is 1.13 bits per heavy atom. The summed E-state index contributed by atoms with van der Waals surface area (Å²) in [6.07, 6.45) is -4.82. The van der Waals surface area contributed by atoms with Crippen molar-refractivity contribution in [3.63, 3.8) is 0 Å². The third kappa shape index (κ3) is 2.23. The van der Waals surface area contributed by atoms with Crippen LogP contribution < -0.4 is 5.11 Å². The third-order valence-electron chi connectivity index (χ3n) is 1.51. The van der Waals surface area contributed by atoms with E-state index in [2.05, 4.69) is 0 Å². The zero-order chi connectivity index (χ0) is 12.0. The molecule has 0 amide bonds. The van der Waals surface area contributed by atoms with Gasteiger partial charge in [0.1, 0.15) is 0 Å². The van der Waals surface area contributed by atoms with Crippen LogP contribution in [-0.4, -0.2) is 0 Å². The van der Waals surface area contributed by atoms with Crippen molar-refractivity contribution >= 4 is 46.4 Å². The summed E-state index contributed by atoms with van der Waals surface area (Å²) < 4.78 is 37.2. The number of rotatable bonds is 0. The second-order valence-electron chi connectivity index (χ2n) is 2.46. The Labute approximate surface area is 102 Å². The summed E-state index contributed by atoms with van der Waals surface area (Å²) in [6.45, 7) is 0. The van der Waals surface area contributed by atoms with Crippen LogP contribution in [0.3, 0.4) is 0 Å². The minimum absolute atomic E-state index is 0.793. The Morgan fingerprint density at radius 3 is 1.40 bits per heavy atom. The smallest absolute Gasteiger partial charge is 0.419 e. The van der Waals surface area contributed by atoms with Gasteiger partial charge in [-0.1, -0.05) is 52.2 Å². The van der Waals surface area contributed by atoms with Crippen LogP contribution in [0.5, 0.6) is 5.75 Å². The Bertz CT molecular complexity index is 387. The molecule has 15 heavy (non-hydrogen) atoms. The average Bonchev–Trinajstić information content (AvgIpc) is 2.09. The van der Waals surface area contributed by atoms with Crippen molar-refractivity contribution < 1.29 is 18.3 Å². The zero-order valence-corrected chi connectivity index (χ0v) is 9.58. The predicted octanol–water partition coefficient (Wildman–Crippen LogP) is 4.39. The van der Waals surface area contributed by atoms with Crippen LogP contribution in [0.1, 0.15) is 5.56 Å². The normalized spacial score (nSPS) is 11.9. The van der Waals surface area contributed by atoms with Gasteiger partial charge in [0.05, 0.1) is 25.7 Å².